The Kier molecular flexibility index (Phi) is 1.94. The van der Waals surface area contributed by atoms with Crippen LogP contribution in [0.4, 0.5) is 0 Å². The first-order valence-corrected chi connectivity index (χ1v) is 4.21. The lowest BCUT2D eigenvalue weighted by Gasteiger charge is -1.92. The van der Waals surface area contributed by atoms with Crippen LogP contribution >= 0.6 is 12.2 Å². The van der Waals surface area contributed by atoms with Gasteiger partial charge in [0.1, 0.15) is 0 Å². The zero-order valence-electron chi connectivity index (χ0n) is 7.06. The Morgan fingerprint density at radius 3 is 2.92 bits per heavy atom. The SMILES string of the molecule is Cn1[nH]c(-c2cccnc2)nc1=S. The van der Waals surface area contributed by atoms with E-state index in [-0.39, 0.29) is 0 Å². The maximum Gasteiger partial charge on any atom is 0.216 e. The second-order valence-corrected chi connectivity index (χ2v) is 3.02. The highest BCUT2D eigenvalue weighted by Crippen LogP contribution is 2.11. The van der Waals surface area contributed by atoms with E-state index in [1.807, 2.05) is 19.2 Å². The number of nitrogens with one attached hydrogen (secondary N) is 1. The summed E-state index contributed by atoms with van der Waals surface area (Å²) in [6.45, 7) is 0. The molecule has 0 fully saturated rings. The average Bonchev–Trinajstić information content (AvgIpc) is 2.49. The number of rotatable bonds is 1. The molecule has 0 saturated carbocycles. The van der Waals surface area contributed by atoms with Crippen molar-refractivity contribution in [2.75, 3.05) is 0 Å². The molecule has 1 N–H and O–H groups in total. The van der Waals surface area contributed by atoms with Crippen molar-refractivity contribution >= 4 is 12.2 Å². The molecule has 13 heavy (non-hydrogen) atoms. The van der Waals surface area contributed by atoms with Crippen LogP contribution in [-0.4, -0.2) is 19.7 Å². The Labute approximate surface area is 80.3 Å². The first-order chi connectivity index (χ1) is 6.27. The predicted molar refractivity (Wildman–Crippen MR) is 51.6 cm³/mol. The van der Waals surface area contributed by atoms with Crippen molar-refractivity contribution in [2.45, 2.75) is 0 Å². The van der Waals surface area contributed by atoms with Gasteiger partial charge >= 0.3 is 0 Å². The Bertz CT molecular complexity index is 456. The van der Waals surface area contributed by atoms with Crippen LogP contribution in [0.15, 0.2) is 24.5 Å². The van der Waals surface area contributed by atoms with Crippen molar-refractivity contribution in [1.82, 2.24) is 19.7 Å². The number of aromatic amines is 1. The molecule has 2 aromatic rings. The predicted octanol–water partition coefficient (Wildman–Crippen LogP) is 1.54. The molecule has 0 atom stereocenters. The van der Waals surface area contributed by atoms with Crippen LogP contribution in [0.2, 0.25) is 0 Å². The van der Waals surface area contributed by atoms with E-state index in [9.17, 15) is 0 Å². The molecule has 0 unspecified atom stereocenters. The van der Waals surface area contributed by atoms with Crippen LogP contribution in [0.1, 0.15) is 0 Å². The van der Waals surface area contributed by atoms with Gasteiger partial charge in [-0.1, -0.05) is 0 Å². The summed E-state index contributed by atoms with van der Waals surface area (Å²) in [6.07, 6.45) is 3.47. The molecule has 0 amide bonds. The summed E-state index contributed by atoms with van der Waals surface area (Å²) in [5.74, 6) is 0.751. The summed E-state index contributed by atoms with van der Waals surface area (Å²) in [5.41, 5.74) is 0.939. The highest BCUT2D eigenvalue weighted by molar-refractivity contribution is 7.71. The molecule has 2 heterocycles. The highest BCUT2D eigenvalue weighted by atomic mass is 32.1. The monoisotopic (exact) mass is 192 g/mol. The minimum Gasteiger partial charge on any atom is -0.279 e. The fourth-order valence-corrected chi connectivity index (χ4v) is 1.17. The third-order valence-electron chi connectivity index (χ3n) is 1.70. The van der Waals surface area contributed by atoms with Crippen LogP contribution in [0.3, 0.4) is 0 Å². The minimum atomic E-state index is 0.541. The summed E-state index contributed by atoms with van der Waals surface area (Å²) in [5, 5.41) is 3.02. The zero-order valence-corrected chi connectivity index (χ0v) is 7.88. The summed E-state index contributed by atoms with van der Waals surface area (Å²) in [6, 6.07) is 3.79. The lowest BCUT2D eigenvalue weighted by atomic mass is 10.3. The fourth-order valence-electron chi connectivity index (χ4n) is 1.03. The van der Waals surface area contributed by atoms with Gasteiger partial charge in [-0.2, -0.15) is 4.98 Å². The van der Waals surface area contributed by atoms with Crippen LogP contribution in [0, 0.1) is 4.77 Å². The number of aromatic nitrogens is 4. The van der Waals surface area contributed by atoms with Gasteiger partial charge in [0.25, 0.3) is 0 Å². The molecule has 0 aliphatic rings. The lowest BCUT2D eigenvalue weighted by molar-refractivity contribution is 0.756. The summed E-state index contributed by atoms with van der Waals surface area (Å²) >= 11 is 4.97. The quantitative estimate of drug-likeness (QED) is 0.697. The number of hydrogen-bond donors (Lipinski definition) is 1. The molecule has 0 saturated heterocycles. The van der Waals surface area contributed by atoms with Crippen molar-refractivity contribution in [2.24, 2.45) is 7.05 Å². The molecule has 5 heteroatoms. The molecule has 0 bridgehead atoms. The largest absolute Gasteiger partial charge is 0.279 e. The molecular weight excluding hydrogens is 184 g/mol. The van der Waals surface area contributed by atoms with E-state index in [1.165, 1.54) is 0 Å². The smallest absolute Gasteiger partial charge is 0.216 e. The Morgan fingerprint density at radius 2 is 2.38 bits per heavy atom. The van der Waals surface area contributed by atoms with Crippen molar-refractivity contribution < 1.29 is 0 Å². The van der Waals surface area contributed by atoms with Crippen molar-refractivity contribution in [3.8, 4) is 11.4 Å². The van der Waals surface area contributed by atoms with Gasteiger partial charge in [-0.3, -0.25) is 14.8 Å². The van der Waals surface area contributed by atoms with Gasteiger partial charge < -0.3 is 0 Å². The topological polar surface area (TPSA) is 46.5 Å². The van der Waals surface area contributed by atoms with E-state index in [0.29, 0.717) is 4.77 Å². The van der Waals surface area contributed by atoms with E-state index >= 15 is 0 Å². The molecule has 0 radical (unpaired) electrons. The Morgan fingerprint density at radius 1 is 1.54 bits per heavy atom. The number of pyridine rings is 1. The number of nitrogens with zero attached hydrogens (tertiary/aromatic N) is 3. The second kappa shape index (κ2) is 3.10. The molecule has 0 aliphatic carbocycles. The molecule has 2 rings (SSSR count). The number of H-pyrrole nitrogens is 1. The number of aryl methyl sites for hydroxylation is 1. The standard InChI is InChI=1S/C8H8N4S/c1-12-8(13)10-7(11-12)6-3-2-4-9-5-6/h2-5H,1H3,(H,10,11,13). The van der Waals surface area contributed by atoms with E-state index in [0.717, 1.165) is 11.4 Å². The molecule has 66 valence electrons. The first kappa shape index (κ1) is 8.12. The van der Waals surface area contributed by atoms with Gasteiger partial charge in [0, 0.05) is 25.0 Å². The highest BCUT2D eigenvalue weighted by Gasteiger charge is 2.01. The fraction of sp³-hybridized carbons (Fsp3) is 0.125. The molecule has 0 spiro atoms. The molecule has 0 aliphatic heterocycles. The van der Waals surface area contributed by atoms with Crippen molar-refractivity contribution in [3.63, 3.8) is 0 Å². The van der Waals surface area contributed by atoms with Gasteiger partial charge in [-0.25, -0.2) is 0 Å². The van der Waals surface area contributed by atoms with Gasteiger partial charge in [0.2, 0.25) is 4.77 Å². The maximum absolute atomic E-state index is 4.97. The van der Waals surface area contributed by atoms with E-state index < -0.39 is 0 Å². The van der Waals surface area contributed by atoms with E-state index in [1.54, 1.807) is 17.1 Å². The van der Waals surface area contributed by atoms with Gasteiger partial charge in [-0.05, 0) is 24.4 Å². The van der Waals surface area contributed by atoms with Gasteiger partial charge in [0.15, 0.2) is 5.82 Å². The van der Waals surface area contributed by atoms with Crippen LogP contribution in [0.5, 0.6) is 0 Å². The molecular formula is C8H8N4S. The van der Waals surface area contributed by atoms with Gasteiger partial charge in [-0.15, -0.1) is 0 Å². The summed E-state index contributed by atoms with van der Waals surface area (Å²) in [7, 11) is 1.83. The molecule has 4 nitrogen and oxygen atoms in total. The van der Waals surface area contributed by atoms with Crippen molar-refractivity contribution in [1.29, 1.82) is 0 Å². The summed E-state index contributed by atoms with van der Waals surface area (Å²) < 4.78 is 2.23. The number of hydrogen-bond acceptors (Lipinski definition) is 3. The molecule has 0 aromatic carbocycles. The molecule has 2 aromatic heterocycles. The Balaban J connectivity index is 2.54. The Hall–Kier alpha value is -1.49. The van der Waals surface area contributed by atoms with E-state index in [2.05, 4.69) is 15.1 Å². The third-order valence-corrected chi connectivity index (χ3v) is 2.07. The van der Waals surface area contributed by atoms with E-state index in [4.69, 9.17) is 12.2 Å². The average molecular weight is 192 g/mol. The third kappa shape index (κ3) is 1.50. The van der Waals surface area contributed by atoms with Crippen LogP contribution in [0.25, 0.3) is 11.4 Å². The normalized spacial score (nSPS) is 10.2. The first-order valence-electron chi connectivity index (χ1n) is 3.81. The maximum atomic E-state index is 4.97. The lowest BCUT2D eigenvalue weighted by Crippen LogP contribution is -1.89. The summed E-state index contributed by atoms with van der Waals surface area (Å²) in [4.78, 5) is 8.16. The van der Waals surface area contributed by atoms with Crippen LogP contribution in [-0.2, 0) is 7.05 Å². The van der Waals surface area contributed by atoms with Crippen molar-refractivity contribution in [3.05, 3.63) is 29.3 Å². The van der Waals surface area contributed by atoms with Crippen LogP contribution < -0.4 is 0 Å². The van der Waals surface area contributed by atoms with Gasteiger partial charge in [0.05, 0.1) is 0 Å². The zero-order chi connectivity index (χ0) is 9.26. The minimum absolute atomic E-state index is 0.541. The second-order valence-electron chi connectivity index (χ2n) is 2.66.